The first kappa shape index (κ1) is 7.64. The second-order valence-corrected chi connectivity index (χ2v) is 2.41. The molecule has 8 heavy (non-hydrogen) atoms. The smallest absolute Gasteiger partial charge is 0.244 e. The van der Waals surface area contributed by atoms with Gasteiger partial charge in [-0.3, -0.25) is 4.79 Å². The summed E-state index contributed by atoms with van der Waals surface area (Å²) < 4.78 is 0. The summed E-state index contributed by atoms with van der Waals surface area (Å²) >= 11 is 0. The molecule has 1 unspecified atom stereocenters. The molecule has 0 heterocycles. The van der Waals surface area contributed by atoms with Gasteiger partial charge in [0.1, 0.15) is 0 Å². The Labute approximate surface area is 51.6 Å². The van der Waals surface area contributed by atoms with Gasteiger partial charge in [-0.15, -0.1) is 9.24 Å². The van der Waals surface area contributed by atoms with Crippen molar-refractivity contribution in [1.82, 2.24) is 5.32 Å². The van der Waals surface area contributed by atoms with E-state index in [2.05, 4.69) is 14.6 Å². The van der Waals surface area contributed by atoms with Crippen LogP contribution in [0.5, 0.6) is 0 Å². The molecule has 0 saturated heterocycles. The van der Waals surface area contributed by atoms with Crippen LogP contribution in [-0.2, 0) is 4.79 Å². The Morgan fingerprint density at radius 3 is 2.38 bits per heavy atom. The zero-order chi connectivity index (χ0) is 6.57. The van der Waals surface area contributed by atoms with Crippen LogP contribution in [0.15, 0.2) is 11.4 Å². The number of hydrogen-bond acceptors (Lipinski definition) is 1. The zero-order valence-corrected chi connectivity index (χ0v) is 6.22. The molecular formula is C5H10NOP. The standard InChI is InChI=1S/C5H10NOP/c1-4(8)3-5(7)6-2/h3H,8H2,1-2H3,(H,6,7)/b4-3+. The van der Waals surface area contributed by atoms with Crippen LogP contribution in [0.3, 0.4) is 0 Å². The van der Waals surface area contributed by atoms with Crippen molar-refractivity contribution in [2.45, 2.75) is 6.92 Å². The largest absolute Gasteiger partial charge is 0.356 e. The van der Waals surface area contributed by atoms with E-state index in [1.54, 1.807) is 7.05 Å². The summed E-state index contributed by atoms with van der Waals surface area (Å²) in [5.74, 6) is -0.0579. The fourth-order valence-electron chi connectivity index (χ4n) is 0.279. The highest BCUT2D eigenvalue weighted by Crippen LogP contribution is 2.00. The Balaban J connectivity index is 3.70. The number of carbonyl (C=O) groups is 1. The summed E-state index contributed by atoms with van der Waals surface area (Å²) in [7, 11) is 4.04. The molecule has 0 aliphatic carbocycles. The van der Waals surface area contributed by atoms with Crippen molar-refractivity contribution in [1.29, 1.82) is 0 Å². The lowest BCUT2D eigenvalue weighted by atomic mass is 10.5. The second kappa shape index (κ2) is 3.62. The molecule has 0 aromatic heterocycles. The average Bonchev–Trinajstić information content (AvgIpc) is 1.65. The van der Waals surface area contributed by atoms with E-state index >= 15 is 0 Å². The number of nitrogens with one attached hydrogen (secondary N) is 1. The number of allylic oxidation sites excluding steroid dienone is 1. The first-order chi connectivity index (χ1) is 3.66. The lowest BCUT2D eigenvalue weighted by molar-refractivity contribution is -0.116. The molecule has 0 aliphatic rings. The van der Waals surface area contributed by atoms with Gasteiger partial charge in [-0.05, 0) is 12.2 Å². The maximum atomic E-state index is 10.4. The molecule has 0 fully saturated rings. The van der Waals surface area contributed by atoms with E-state index in [4.69, 9.17) is 0 Å². The lowest BCUT2D eigenvalue weighted by Gasteiger charge is -1.89. The van der Waals surface area contributed by atoms with E-state index in [9.17, 15) is 4.79 Å². The Bertz CT molecular complexity index is 116. The van der Waals surface area contributed by atoms with Gasteiger partial charge in [0, 0.05) is 13.1 Å². The molecule has 3 heteroatoms. The second-order valence-electron chi connectivity index (χ2n) is 1.50. The van der Waals surface area contributed by atoms with Crippen LogP contribution in [0.1, 0.15) is 6.92 Å². The van der Waals surface area contributed by atoms with E-state index in [1.807, 2.05) is 6.92 Å². The molecule has 1 N–H and O–H groups in total. The number of likely N-dealkylation sites (N-methyl/N-ethyl adjacent to an activating group) is 1. The van der Waals surface area contributed by atoms with Crippen molar-refractivity contribution in [3.63, 3.8) is 0 Å². The quantitative estimate of drug-likeness (QED) is 0.407. The molecule has 0 radical (unpaired) electrons. The Hall–Kier alpha value is -0.360. The van der Waals surface area contributed by atoms with Gasteiger partial charge < -0.3 is 5.32 Å². The SMILES string of the molecule is CNC(=O)/C=C(\C)P. The predicted molar refractivity (Wildman–Crippen MR) is 37.5 cm³/mol. The minimum Gasteiger partial charge on any atom is -0.356 e. The highest BCUT2D eigenvalue weighted by atomic mass is 31.0. The van der Waals surface area contributed by atoms with E-state index < -0.39 is 0 Å². The number of carbonyl (C=O) groups excluding carboxylic acids is 1. The fraction of sp³-hybridized carbons (Fsp3) is 0.400. The van der Waals surface area contributed by atoms with Gasteiger partial charge in [-0.25, -0.2) is 0 Å². The molecule has 0 aromatic carbocycles. The van der Waals surface area contributed by atoms with Gasteiger partial charge in [-0.1, -0.05) is 0 Å². The Morgan fingerprint density at radius 1 is 1.75 bits per heavy atom. The van der Waals surface area contributed by atoms with Gasteiger partial charge in [0.2, 0.25) is 5.91 Å². The van der Waals surface area contributed by atoms with Crippen molar-refractivity contribution in [3.05, 3.63) is 11.4 Å². The molecular weight excluding hydrogens is 121 g/mol. The van der Waals surface area contributed by atoms with Crippen LogP contribution in [0.25, 0.3) is 0 Å². The van der Waals surface area contributed by atoms with Crippen LogP contribution in [-0.4, -0.2) is 13.0 Å². The Morgan fingerprint density at radius 2 is 2.25 bits per heavy atom. The molecule has 1 atom stereocenters. The molecule has 0 bridgehead atoms. The van der Waals surface area contributed by atoms with Crippen LogP contribution in [0.4, 0.5) is 0 Å². The Kier molecular flexibility index (Phi) is 3.46. The molecule has 0 aromatic rings. The van der Waals surface area contributed by atoms with Crippen LogP contribution in [0, 0.1) is 0 Å². The first-order valence-corrected chi connectivity index (χ1v) is 2.90. The van der Waals surface area contributed by atoms with Crippen molar-refractivity contribution < 1.29 is 4.79 Å². The highest BCUT2D eigenvalue weighted by Gasteiger charge is 1.86. The molecule has 0 rings (SSSR count). The molecule has 46 valence electrons. The monoisotopic (exact) mass is 131 g/mol. The normalized spacial score (nSPS) is 11.1. The summed E-state index contributed by atoms with van der Waals surface area (Å²) in [5.41, 5.74) is 0. The van der Waals surface area contributed by atoms with E-state index in [1.165, 1.54) is 6.08 Å². The van der Waals surface area contributed by atoms with E-state index in [-0.39, 0.29) is 5.91 Å². The van der Waals surface area contributed by atoms with Crippen LogP contribution in [0.2, 0.25) is 0 Å². The summed E-state index contributed by atoms with van der Waals surface area (Å²) in [6, 6.07) is 0. The van der Waals surface area contributed by atoms with E-state index in [0.717, 1.165) is 5.31 Å². The number of amides is 1. The summed E-state index contributed by atoms with van der Waals surface area (Å²) in [6.45, 7) is 1.85. The van der Waals surface area contributed by atoms with E-state index in [0.29, 0.717) is 0 Å². The minimum atomic E-state index is -0.0579. The summed E-state index contributed by atoms with van der Waals surface area (Å²) in [5, 5.41) is 3.40. The molecule has 0 spiro atoms. The third-order valence-corrected chi connectivity index (χ3v) is 0.772. The first-order valence-electron chi connectivity index (χ1n) is 2.32. The maximum Gasteiger partial charge on any atom is 0.244 e. The molecule has 1 amide bonds. The molecule has 0 saturated carbocycles. The topological polar surface area (TPSA) is 29.1 Å². The van der Waals surface area contributed by atoms with Gasteiger partial charge >= 0.3 is 0 Å². The minimum absolute atomic E-state index is 0.0579. The molecule has 0 aliphatic heterocycles. The summed E-state index contributed by atoms with van der Waals surface area (Å²) in [6.07, 6.45) is 1.52. The van der Waals surface area contributed by atoms with Gasteiger partial charge in [0.15, 0.2) is 0 Å². The molecule has 2 nitrogen and oxygen atoms in total. The van der Waals surface area contributed by atoms with Gasteiger partial charge in [-0.2, -0.15) is 0 Å². The fourth-order valence-corrected chi connectivity index (χ4v) is 0.430. The highest BCUT2D eigenvalue weighted by molar-refractivity contribution is 7.22. The number of rotatable bonds is 1. The lowest BCUT2D eigenvalue weighted by Crippen LogP contribution is -2.14. The third kappa shape index (κ3) is 3.82. The third-order valence-electron chi connectivity index (χ3n) is 0.605. The average molecular weight is 131 g/mol. The van der Waals surface area contributed by atoms with Crippen LogP contribution >= 0.6 is 9.24 Å². The van der Waals surface area contributed by atoms with Gasteiger partial charge in [0.05, 0.1) is 0 Å². The van der Waals surface area contributed by atoms with Crippen molar-refractivity contribution in [2.75, 3.05) is 7.05 Å². The summed E-state index contributed by atoms with van der Waals surface area (Å²) in [4.78, 5) is 10.4. The zero-order valence-electron chi connectivity index (χ0n) is 5.06. The van der Waals surface area contributed by atoms with Crippen molar-refractivity contribution in [3.8, 4) is 0 Å². The maximum absolute atomic E-state index is 10.4. The van der Waals surface area contributed by atoms with Gasteiger partial charge in [0.25, 0.3) is 0 Å². The van der Waals surface area contributed by atoms with Crippen molar-refractivity contribution in [2.24, 2.45) is 0 Å². The predicted octanol–water partition coefficient (Wildman–Crippen LogP) is 0.511. The van der Waals surface area contributed by atoms with Crippen LogP contribution < -0.4 is 5.32 Å². The van der Waals surface area contributed by atoms with Crippen molar-refractivity contribution >= 4 is 15.1 Å². The number of hydrogen-bond donors (Lipinski definition) is 1.